The lowest BCUT2D eigenvalue weighted by Crippen LogP contribution is -2.03. The Kier molecular flexibility index (Phi) is 3.15. The fourth-order valence-corrected chi connectivity index (χ4v) is 1.70. The summed E-state index contributed by atoms with van der Waals surface area (Å²) < 4.78 is 0. The highest BCUT2D eigenvalue weighted by Crippen LogP contribution is 2.19. The molecule has 1 N–H and O–H groups in total. The summed E-state index contributed by atoms with van der Waals surface area (Å²) in [6.45, 7) is 0.906. The Morgan fingerprint density at radius 3 is 2.73 bits per heavy atom. The third kappa shape index (κ3) is 2.25. The van der Waals surface area contributed by atoms with Gasteiger partial charge in [-0.3, -0.25) is 0 Å². The maximum Gasteiger partial charge on any atom is 0.0135 e. The standard InChI is InChI=1S/C14H15N/c1-15-11-5-9-13-8-4-7-12-6-2-3-10-14(12)13/h2-10,15H,11H2,1H3. The molecular formula is C14H15N. The highest BCUT2D eigenvalue weighted by atomic mass is 14.8. The molecule has 0 unspecified atom stereocenters. The van der Waals surface area contributed by atoms with Crippen LogP contribution < -0.4 is 5.32 Å². The molecule has 0 heterocycles. The molecule has 0 saturated heterocycles. The van der Waals surface area contributed by atoms with Gasteiger partial charge in [0.25, 0.3) is 0 Å². The minimum atomic E-state index is 0.906. The molecule has 76 valence electrons. The van der Waals surface area contributed by atoms with Gasteiger partial charge >= 0.3 is 0 Å². The van der Waals surface area contributed by atoms with Crippen LogP contribution in [-0.4, -0.2) is 13.6 Å². The van der Waals surface area contributed by atoms with Gasteiger partial charge < -0.3 is 5.32 Å². The maximum absolute atomic E-state index is 3.10. The molecular weight excluding hydrogens is 182 g/mol. The van der Waals surface area contributed by atoms with Crippen molar-refractivity contribution >= 4 is 16.8 Å². The fourth-order valence-electron chi connectivity index (χ4n) is 1.70. The molecule has 0 atom stereocenters. The quantitative estimate of drug-likeness (QED) is 0.797. The van der Waals surface area contributed by atoms with Gasteiger partial charge in [-0.15, -0.1) is 0 Å². The summed E-state index contributed by atoms with van der Waals surface area (Å²) >= 11 is 0. The van der Waals surface area contributed by atoms with Crippen LogP contribution in [0.1, 0.15) is 5.56 Å². The lowest BCUT2D eigenvalue weighted by atomic mass is 10.0. The van der Waals surface area contributed by atoms with Crippen LogP contribution in [-0.2, 0) is 0 Å². The predicted octanol–water partition coefficient (Wildman–Crippen LogP) is 3.07. The molecule has 0 aliphatic carbocycles. The van der Waals surface area contributed by atoms with Crippen LogP contribution in [0.2, 0.25) is 0 Å². The maximum atomic E-state index is 3.10. The Labute approximate surface area is 90.4 Å². The van der Waals surface area contributed by atoms with Gasteiger partial charge in [0.1, 0.15) is 0 Å². The van der Waals surface area contributed by atoms with Gasteiger partial charge in [0, 0.05) is 6.54 Å². The fraction of sp³-hybridized carbons (Fsp3) is 0.143. The van der Waals surface area contributed by atoms with E-state index in [4.69, 9.17) is 0 Å². The largest absolute Gasteiger partial charge is 0.316 e. The molecule has 0 aromatic heterocycles. The van der Waals surface area contributed by atoms with E-state index in [9.17, 15) is 0 Å². The molecule has 1 nitrogen and oxygen atoms in total. The molecule has 0 spiro atoms. The monoisotopic (exact) mass is 197 g/mol. The molecule has 0 aliphatic rings. The van der Waals surface area contributed by atoms with Gasteiger partial charge in [-0.1, -0.05) is 54.6 Å². The van der Waals surface area contributed by atoms with Crippen molar-refractivity contribution in [3.05, 3.63) is 54.1 Å². The highest BCUT2D eigenvalue weighted by molar-refractivity contribution is 5.90. The summed E-state index contributed by atoms with van der Waals surface area (Å²) in [5.74, 6) is 0. The van der Waals surface area contributed by atoms with E-state index >= 15 is 0 Å². The number of hydrogen-bond acceptors (Lipinski definition) is 1. The number of benzene rings is 2. The number of rotatable bonds is 3. The Hall–Kier alpha value is -1.60. The summed E-state index contributed by atoms with van der Waals surface area (Å²) in [4.78, 5) is 0. The van der Waals surface area contributed by atoms with Gasteiger partial charge in [-0.2, -0.15) is 0 Å². The second kappa shape index (κ2) is 4.76. The first-order chi connectivity index (χ1) is 7.42. The van der Waals surface area contributed by atoms with E-state index in [0.29, 0.717) is 0 Å². The number of hydrogen-bond donors (Lipinski definition) is 1. The van der Waals surface area contributed by atoms with Crippen molar-refractivity contribution in [2.45, 2.75) is 0 Å². The third-order valence-electron chi connectivity index (χ3n) is 2.44. The second-order valence-corrected chi connectivity index (χ2v) is 3.53. The highest BCUT2D eigenvalue weighted by Gasteiger charge is 1.95. The summed E-state index contributed by atoms with van der Waals surface area (Å²) in [7, 11) is 1.95. The minimum absolute atomic E-state index is 0.906. The van der Waals surface area contributed by atoms with Crippen molar-refractivity contribution in [2.24, 2.45) is 0 Å². The molecule has 0 saturated carbocycles. The zero-order chi connectivity index (χ0) is 10.5. The van der Waals surface area contributed by atoms with E-state index in [1.54, 1.807) is 0 Å². The van der Waals surface area contributed by atoms with E-state index in [2.05, 4.69) is 59.9 Å². The van der Waals surface area contributed by atoms with Crippen LogP contribution >= 0.6 is 0 Å². The predicted molar refractivity (Wildman–Crippen MR) is 66.9 cm³/mol. The molecule has 0 aliphatic heterocycles. The average molecular weight is 197 g/mol. The van der Waals surface area contributed by atoms with Crippen molar-refractivity contribution in [1.29, 1.82) is 0 Å². The Bertz CT molecular complexity index is 466. The van der Waals surface area contributed by atoms with E-state index in [1.165, 1.54) is 16.3 Å². The zero-order valence-electron chi connectivity index (χ0n) is 8.90. The van der Waals surface area contributed by atoms with Crippen LogP contribution in [0.25, 0.3) is 16.8 Å². The molecule has 1 heteroatoms. The smallest absolute Gasteiger partial charge is 0.0135 e. The number of likely N-dealkylation sites (N-methyl/N-ethyl adjacent to an activating group) is 1. The zero-order valence-corrected chi connectivity index (χ0v) is 8.90. The van der Waals surface area contributed by atoms with E-state index in [-0.39, 0.29) is 0 Å². The molecule has 2 aromatic rings. The van der Waals surface area contributed by atoms with Crippen LogP contribution in [0.3, 0.4) is 0 Å². The van der Waals surface area contributed by atoms with Gasteiger partial charge in [0.05, 0.1) is 0 Å². The van der Waals surface area contributed by atoms with Gasteiger partial charge in [-0.25, -0.2) is 0 Å². The minimum Gasteiger partial charge on any atom is -0.316 e. The topological polar surface area (TPSA) is 12.0 Å². The molecule has 15 heavy (non-hydrogen) atoms. The van der Waals surface area contributed by atoms with Crippen LogP contribution in [0, 0.1) is 0 Å². The SMILES string of the molecule is CNCC=Cc1cccc2ccccc12. The molecule has 0 fully saturated rings. The van der Waals surface area contributed by atoms with Crippen molar-refractivity contribution in [3.8, 4) is 0 Å². The average Bonchev–Trinajstić information content (AvgIpc) is 2.30. The third-order valence-corrected chi connectivity index (χ3v) is 2.44. The normalized spacial score (nSPS) is 11.3. The summed E-state index contributed by atoms with van der Waals surface area (Å²) in [6.07, 6.45) is 4.31. The van der Waals surface area contributed by atoms with Gasteiger partial charge in [0.15, 0.2) is 0 Å². The molecule has 0 bridgehead atoms. The van der Waals surface area contributed by atoms with E-state index in [1.807, 2.05) is 7.05 Å². The summed E-state index contributed by atoms with van der Waals surface area (Å²) in [5.41, 5.74) is 1.28. The Morgan fingerprint density at radius 1 is 1.07 bits per heavy atom. The lowest BCUT2D eigenvalue weighted by Gasteiger charge is -2.01. The first-order valence-electron chi connectivity index (χ1n) is 5.21. The van der Waals surface area contributed by atoms with Crippen molar-refractivity contribution in [1.82, 2.24) is 5.32 Å². The lowest BCUT2D eigenvalue weighted by molar-refractivity contribution is 0.922. The van der Waals surface area contributed by atoms with Crippen molar-refractivity contribution < 1.29 is 0 Å². The first-order valence-corrected chi connectivity index (χ1v) is 5.21. The number of nitrogens with one attached hydrogen (secondary N) is 1. The second-order valence-electron chi connectivity index (χ2n) is 3.53. The van der Waals surface area contributed by atoms with Gasteiger partial charge in [-0.05, 0) is 23.4 Å². The van der Waals surface area contributed by atoms with Crippen molar-refractivity contribution in [2.75, 3.05) is 13.6 Å². The van der Waals surface area contributed by atoms with Crippen LogP contribution in [0.5, 0.6) is 0 Å². The Balaban J connectivity index is 2.42. The van der Waals surface area contributed by atoms with Gasteiger partial charge in [0.2, 0.25) is 0 Å². The van der Waals surface area contributed by atoms with E-state index < -0.39 is 0 Å². The summed E-state index contributed by atoms with van der Waals surface area (Å²) in [6, 6.07) is 14.8. The van der Waals surface area contributed by atoms with E-state index in [0.717, 1.165) is 6.54 Å². The van der Waals surface area contributed by atoms with Crippen LogP contribution in [0.15, 0.2) is 48.5 Å². The van der Waals surface area contributed by atoms with Crippen molar-refractivity contribution in [3.63, 3.8) is 0 Å². The first kappa shape index (κ1) is 9.94. The summed E-state index contributed by atoms with van der Waals surface area (Å²) in [5, 5.41) is 5.71. The molecule has 2 aromatic carbocycles. The molecule has 0 amide bonds. The Morgan fingerprint density at radius 2 is 1.87 bits per heavy atom. The van der Waals surface area contributed by atoms with Crippen LogP contribution in [0.4, 0.5) is 0 Å². The molecule has 0 radical (unpaired) electrons. The number of fused-ring (bicyclic) bond motifs is 1. The molecule has 2 rings (SSSR count).